The van der Waals surface area contributed by atoms with Crippen molar-refractivity contribution >= 4 is 12.1 Å². The van der Waals surface area contributed by atoms with Crippen LogP contribution >= 0.6 is 0 Å². The van der Waals surface area contributed by atoms with E-state index in [4.69, 9.17) is 9.47 Å². The predicted molar refractivity (Wildman–Crippen MR) is 61.1 cm³/mol. The van der Waals surface area contributed by atoms with Crippen molar-refractivity contribution in [2.24, 2.45) is 5.92 Å². The van der Waals surface area contributed by atoms with Crippen LogP contribution in [0.3, 0.4) is 0 Å². The maximum atomic E-state index is 12.2. The molecule has 94 valence electrons. The molecule has 0 amide bonds. The van der Waals surface area contributed by atoms with E-state index in [-0.39, 0.29) is 24.9 Å². The van der Waals surface area contributed by atoms with Gasteiger partial charge in [0.25, 0.3) is 5.79 Å². The molecule has 0 radical (unpaired) electrons. The summed E-state index contributed by atoms with van der Waals surface area (Å²) < 4.78 is 10.5. The number of carbonyl (C=O) groups is 2. The first-order valence-electron chi connectivity index (χ1n) is 5.90. The molecular weight excluding hydrogens is 208 g/mol. The average Bonchev–Trinajstić information content (AvgIpc) is 2.30. The summed E-state index contributed by atoms with van der Waals surface area (Å²) in [7, 11) is 0. The van der Waals surface area contributed by atoms with E-state index < -0.39 is 5.79 Å². The van der Waals surface area contributed by atoms with Crippen molar-refractivity contribution < 1.29 is 19.1 Å². The fraction of sp³-hybridized carbons (Fsp3) is 0.833. The number of ether oxygens (including phenoxy) is 2. The summed E-state index contributed by atoms with van der Waals surface area (Å²) in [5.41, 5.74) is 0. The van der Waals surface area contributed by atoms with E-state index in [1.807, 2.05) is 13.8 Å². The van der Waals surface area contributed by atoms with Gasteiger partial charge in [0, 0.05) is 19.1 Å². The molecule has 0 aliphatic rings. The number of Topliss-reactive ketones (excluding diaryl/α,β-unsaturated/α-hetero) is 1. The minimum absolute atomic E-state index is 0.191. The van der Waals surface area contributed by atoms with Crippen LogP contribution in [0, 0.1) is 5.92 Å². The molecule has 0 rings (SSSR count). The lowest BCUT2D eigenvalue weighted by molar-refractivity contribution is -0.216. The molecule has 16 heavy (non-hydrogen) atoms. The Kier molecular flexibility index (Phi) is 7.17. The van der Waals surface area contributed by atoms with E-state index >= 15 is 0 Å². The highest BCUT2D eigenvalue weighted by Crippen LogP contribution is 2.21. The summed E-state index contributed by atoms with van der Waals surface area (Å²) in [6.07, 6.45) is 1.84. The van der Waals surface area contributed by atoms with Gasteiger partial charge in [-0.1, -0.05) is 13.8 Å². The number of rotatable bonds is 9. The molecule has 0 atom stereocenters. The standard InChI is InChI=1S/C12H22O4/c1-5-10(6-2)11(14)12(9-13,15-7-3)16-8-4/h9-10H,5-8H2,1-4H3. The number of aldehydes is 1. The maximum absolute atomic E-state index is 12.2. The molecule has 4 heteroatoms. The molecule has 0 aromatic rings. The van der Waals surface area contributed by atoms with Crippen LogP contribution in [0.2, 0.25) is 0 Å². The summed E-state index contributed by atoms with van der Waals surface area (Å²) in [6, 6.07) is 0. The molecular formula is C12H22O4. The third-order valence-corrected chi connectivity index (χ3v) is 2.57. The van der Waals surface area contributed by atoms with Crippen LogP contribution in [0.4, 0.5) is 0 Å². The highest BCUT2D eigenvalue weighted by atomic mass is 16.7. The van der Waals surface area contributed by atoms with Crippen LogP contribution in [0.5, 0.6) is 0 Å². The van der Waals surface area contributed by atoms with E-state index in [2.05, 4.69) is 0 Å². The van der Waals surface area contributed by atoms with Crippen LogP contribution in [0.1, 0.15) is 40.5 Å². The molecule has 4 nitrogen and oxygen atoms in total. The van der Waals surface area contributed by atoms with Gasteiger partial charge in [-0.3, -0.25) is 9.59 Å². The second-order valence-electron chi connectivity index (χ2n) is 3.53. The quantitative estimate of drug-likeness (QED) is 0.345. The summed E-state index contributed by atoms with van der Waals surface area (Å²) in [4.78, 5) is 23.3. The highest BCUT2D eigenvalue weighted by Gasteiger charge is 2.42. The zero-order valence-electron chi connectivity index (χ0n) is 10.6. The summed E-state index contributed by atoms with van der Waals surface area (Å²) in [5, 5.41) is 0. The Labute approximate surface area is 97.3 Å². The number of ketones is 1. The van der Waals surface area contributed by atoms with E-state index in [0.29, 0.717) is 19.1 Å². The van der Waals surface area contributed by atoms with Crippen molar-refractivity contribution in [3.05, 3.63) is 0 Å². The fourth-order valence-electron chi connectivity index (χ4n) is 1.68. The summed E-state index contributed by atoms with van der Waals surface area (Å²) >= 11 is 0. The Morgan fingerprint density at radius 3 is 1.81 bits per heavy atom. The minimum Gasteiger partial charge on any atom is -0.338 e. The van der Waals surface area contributed by atoms with Gasteiger partial charge in [-0.05, 0) is 26.7 Å². The Balaban J connectivity index is 4.98. The Bertz CT molecular complexity index is 215. The SMILES string of the molecule is CCOC(C=O)(OCC)C(=O)C(CC)CC. The Morgan fingerprint density at radius 1 is 1.12 bits per heavy atom. The van der Waals surface area contributed by atoms with Gasteiger partial charge in [0.2, 0.25) is 5.78 Å². The summed E-state index contributed by atoms with van der Waals surface area (Å²) in [6.45, 7) is 7.84. The molecule has 0 heterocycles. The van der Waals surface area contributed by atoms with Gasteiger partial charge in [-0.25, -0.2) is 0 Å². The van der Waals surface area contributed by atoms with E-state index in [0.717, 1.165) is 0 Å². The lowest BCUT2D eigenvalue weighted by atomic mass is 9.93. The lowest BCUT2D eigenvalue weighted by Gasteiger charge is -2.29. The number of hydrogen-bond donors (Lipinski definition) is 0. The van der Waals surface area contributed by atoms with E-state index in [1.54, 1.807) is 13.8 Å². The van der Waals surface area contributed by atoms with Gasteiger partial charge in [-0.15, -0.1) is 0 Å². The highest BCUT2D eigenvalue weighted by molar-refractivity contribution is 6.01. The van der Waals surface area contributed by atoms with Gasteiger partial charge in [-0.2, -0.15) is 0 Å². The van der Waals surface area contributed by atoms with E-state index in [1.165, 1.54) is 0 Å². The third kappa shape index (κ3) is 3.39. The minimum atomic E-state index is -1.69. The van der Waals surface area contributed by atoms with Gasteiger partial charge in [0.1, 0.15) is 0 Å². The van der Waals surface area contributed by atoms with Crippen LogP contribution in [0.15, 0.2) is 0 Å². The molecule has 0 spiro atoms. The second-order valence-corrected chi connectivity index (χ2v) is 3.53. The molecule has 0 aliphatic heterocycles. The second kappa shape index (κ2) is 7.52. The first-order valence-corrected chi connectivity index (χ1v) is 5.90. The summed E-state index contributed by atoms with van der Waals surface area (Å²) in [5.74, 6) is -2.15. The maximum Gasteiger partial charge on any atom is 0.287 e. The zero-order valence-corrected chi connectivity index (χ0v) is 10.6. The van der Waals surface area contributed by atoms with Crippen molar-refractivity contribution in [2.75, 3.05) is 13.2 Å². The van der Waals surface area contributed by atoms with Crippen molar-refractivity contribution in [3.8, 4) is 0 Å². The molecule has 0 saturated heterocycles. The first kappa shape index (κ1) is 15.3. The lowest BCUT2D eigenvalue weighted by Crippen LogP contribution is -2.49. The van der Waals surface area contributed by atoms with Crippen molar-refractivity contribution in [1.29, 1.82) is 0 Å². The average molecular weight is 230 g/mol. The Hall–Kier alpha value is -0.740. The Morgan fingerprint density at radius 2 is 1.56 bits per heavy atom. The van der Waals surface area contributed by atoms with Crippen LogP contribution in [0.25, 0.3) is 0 Å². The molecule has 0 fully saturated rings. The molecule has 0 N–H and O–H groups in total. The van der Waals surface area contributed by atoms with Crippen LogP contribution < -0.4 is 0 Å². The van der Waals surface area contributed by atoms with Crippen molar-refractivity contribution in [2.45, 2.75) is 46.3 Å². The normalized spacial score (nSPS) is 11.8. The molecule has 0 aliphatic carbocycles. The van der Waals surface area contributed by atoms with Crippen LogP contribution in [-0.4, -0.2) is 31.1 Å². The number of hydrogen-bond acceptors (Lipinski definition) is 4. The molecule has 0 saturated carbocycles. The van der Waals surface area contributed by atoms with Gasteiger partial charge >= 0.3 is 0 Å². The fourth-order valence-corrected chi connectivity index (χ4v) is 1.68. The van der Waals surface area contributed by atoms with Gasteiger partial charge in [0.15, 0.2) is 6.29 Å². The predicted octanol–water partition coefficient (Wildman–Crippen LogP) is 1.96. The third-order valence-electron chi connectivity index (χ3n) is 2.57. The molecule has 0 aromatic carbocycles. The molecule has 0 aromatic heterocycles. The van der Waals surface area contributed by atoms with Gasteiger partial charge < -0.3 is 9.47 Å². The zero-order chi connectivity index (χ0) is 12.6. The van der Waals surface area contributed by atoms with Crippen molar-refractivity contribution in [3.63, 3.8) is 0 Å². The first-order chi connectivity index (χ1) is 7.61. The van der Waals surface area contributed by atoms with Crippen LogP contribution in [-0.2, 0) is 19.1 Å². The molecule has 0 unspecified atom stereocenters. The van der Waals surface area contributed by atoms with Crippen molar-refractivity contribution in [1.82, 2.24) is 0 Å². The largest absolute Gasteiger partial charge is 0.338 e. The van der Waals surface area contributed by atoms with E-state index in [9.17, 15) is 9.59 Å². The number of carbonyl (C=O) groups excluding carboxylic acids is 2. The topological polar surface area (TPSA) is 52.6 Å². The van der Waals surface area contributed by atoms with Gasteiger partial charge in [0.05, 0.1) is 0 Å². The monoisotopic (exact) mass is 230 g/mol. The molecule has 0 bridgehead atoms. The smallest absolute Gasteiger partial charge is 0.287 e.